The molecule has 18 heavy (non-hydrogen) atoms. The molecule has 0 atom stereocenters. The van der Waals surface area contributed by atoms with Gasteiger partial charge in [0.25, 0.3) is 0 Å². The molecule has 5 nitrogen and oxygen atoms in total. The minimum Gasteiger partial charge on any atom is -0.306 e. The standard InChI is InChI=1S/C11H12BrN5S/c12-8-6-13-10(14-7-8)18-11-16-15-9-4-2-1-3-5-17(9)11/h6-7H,1-5H2. The van der Waals surface area contributed by atoms with Crippen molar-refractivity contribution in [1.29, 1.82) is 0 Å². The summed E-state index contributed by atoms with van der Waals surface area (Å²) >= 11 is 4.80. The van der Waals surface area contributed by atoms with Gasteiger partial charge in [-0.1, -0.05) is 6.42 Å². The van der Waals surface area contributed by atoms with Gasteiger partial charge >= 0.3 is 0 Å². The Morgan fingerprint density at radius 3 is 2.78 bits per heavy atom. The molecule has 0 aliphatic carbocycles. The lowest BCUT2D eigenvalue weighted by atomic mass is 10.2. The Hall–Kier alpha value is -0.950. The second-order valence-corrected chi connectivity index (χ2v) is 6.00. The van der Waals surface area contributed by atoms with Crippen molar-refractivity contribution in [1.82, 2.24) is 24.7 Å². The normalized spacial score (nSPS) is 15.2. The highest BCUT2D eigenvalue weighted by Gasteiger charge is 2.16. The molecule has 0 bridgehead atoms. The summed E-state index contributed by atoms with van der Waals surface area (Å²) in [6.45, 7) is 1.00. The summed E-state index contributed by atoms with van der Waals surface area (Å²) in [5.74, 6) is 1.09. The Morgan fingerprint density at radius 1 is 1.11 bits per heavy atom. The molecule has 1 aliphatic rings. The zero-order valence-electron chi connectivity index (χ0n) is 9.71. The molecule has 0 aromatic carbocycles. The maximum atomic E-state index is 4.26. The Morgan fingerprint density at radius 2 is 1.94 bits per heavy atom. The van der Waals surface area contributed by atoms with Crippen LogP contribution < -0.4 is 0 Å². The molecule has 0 amide bonds. The lowest BCUT2D eigenvalue weighted by Gasteiger charge is -2.05. The number of aryl methyl sites for hydroxylation is 1. The van der Waals surface area contributed by atoms with E-state index in [1.807, 2.05) is 0 Å². The lowest BCUT2D eigenvalue weighted by Crippen LogP contribution is -2.02. The minimum absolute atomic E-state index is 0.706. The van der Waals surface area contributed by atoms with Crippen molar-refractivity contribution in [3.63, 3.8) is 0 Å². The highest BCUT2D eigenvalue weighted by Crippen LogP contribution is 2.26. The van der Waals surface area contributed by atoms with Crippen LogP contribution in [0.15, 0.2) is 27.2 Å². The van der Waals surface area contributed by atoms with Gasteiger partial charge in [0, 0.05) is 25.4 Å². The van der Waals surface area contributed by atoms with Crippen LogP contribution in [0.1, 0.15) is 25.1 Å². The van der Waals surface area contributed by atoms with Gasteiger partial charge < -0.3 is 4.57 Å². The summed E-state index contributed by atoms with van der Waals surface area (Å²) in [4.78, 5) is 8.50. The molecule has 0 spiro atoms. The topological polar surface area (TPSA) is 56.5 Å². The number of nitrogens with zero attached hydrogens (tertiary/aromatic N) is 5. The SMILES string of the molecule is Brc1cnc(Sc2nnc3n2CCCCC3)nc1. The van der Waals surface area contributed by atoms with Crippen molar-refractivity contribution in [2.24, 2.45) is 0 Å². The summed E-state index contributed by atoms with van der Waals surface area (Å²) in [7, 11) is 0. The van der Waals surface area contributed by atoms with Gasteiger partial charge in [-0.25, -0.2) is 9.97 Å². The monoisotopic (exact) mass is 325 g/mol. The summed E-state index contributed by atoms with van der Waals surface area (Å²) in [5, 5.41) is 10.1. The molecule has 3 heterocycles. The molecule has 2 aromatic rings. The third kappa shape index (κ3) is 2.56. The molecule has 3 rings (SSSR count). The first-order chi connectivity index (χ1) is 8.83. The quantitative estimate of drug-likeness (QED) is 0.794. The van der Waals surface area contributed by atoms with Crippen molar-refractivity contribution >= 4 is 27.7 Å². The van der Waals surface area contributed by atoms with Crippen molar-refractivity contribution in [3.05, 3.63) is 22.7 Å². The Balaban J connectivity index is 1.84. The van der Waals surface area contributed by atoms with Gasteiger partial charge in [0.15, 0.2) is 10.3 Å². The first kappa shape index (κ1) is 12.1. The third-order valence-corrected chi connectivity index (χ3v) is 4.14. The zero-order valence-corrected chi connectivity index (χ0v) is 12.1. The minimum atomic E-state index is 0.706. The van der Waals surface area contributed by atoms with Crippen molar-refractivity contribution in [3.8, 4) is 0 Å². The van der Waals surface area contributed by atoms with E-state index in [0.29, 0.717) is 5.16 Å². The molecule has 94 valence electrons. The van der Waals surface area contributed by atoms with Gasteiger partial charge in [-0.05, 0) is 40.5 Å². The van der Waals surface area contributed by atoms with Crippen LogP contribution >= 0.6 is 27.7 Å². The van der Waals surface area contributed by atoms with Crippen LogP contribution in [0.2, 0.25) is 0 Å². The Labute approximate surface area is 118 Å². The molecule has 1 aliphatic heterocycles. The number of rotatable bonds is 2. The van der Waals surface area contributed by atoms with E-state index in [9.17, 15) is 0 Å². The molecule has 0 saturated carbocycles. The van der Waals surface area contributed by atoms with E-state index in [4.69, 9.17) is 0 Å². The molecule has 0 saturated heterocycles. The predicted octanol–water partition coefficient (Wildman–Crippen LogP) is 2.71. The summed E-state index contributed by atoms with van der Waals surface area (Å²) in [6, 6.07) is 0. The lowest BCUT2D eigenvalue weighted by molar-refractivity contribution is 0.590. The van der Waals surface area contributed by atoms with E-state index in [0.717, 1.165) is 28.4 Å². The van der Waals surface area contributed by atoms with Crippen molar-refractivity contribution in [2.45, 2.75) is 42.5 Å². The van der Waals surface area contributed by atoms with E-state index < -0.39 is 0 Å². The van der Waals surface area contributed by atoms with Crippen molar-refractivity contribution in [2.75, 3.05) is 0 Å². The second-order valence-electron chi connectivity index (χ2n) is 4.15. The summed E-state index contributed by atoms with van der Waals surface area (Å²) < 4.78 is 3.08. The smallest absolute Gasteiger partial charge is 0.199 e. The van der Waals surface area contributed by atoms with Gasteiger partial charge in [-0.15, -0.1) is 10.2 Å². The molecular formula is C11H12BrN5S. The van der Waals surface area contributed by atoms with Crippen LogP contribution in [0.5, 0.6) is 0 Å². The first-order valence-corrected chi connectivity index (χ1v) is 7.51. The average Bonchev–Trinajstić information content (AvgIpc) is 2.62. The average molecular weight is 326 g/mol. The van der Waals surface area contributed by atoms with E-state index >= 15 is 0 Å². The van der Waals surface area contributed by atoms with E-state index in [1.54, 1.807) is 12.4 Å². The van der Waals surface area contributed by atoms with Gasteiger partial charge in [0.05, 0.1) is 4.47 Å². The second kappa shape index (κ2) is 5.36. The number of halogens is 1. The van der Waals surface area contributed by atoms with Gasteiger partial charge in [0.2, 0.25) is 0 Å². The van der Waals surface area contributed by atoms with Crippen LogP contribution in [0.4, 0.5) is 0 Å². The molecule has 2 aromatic heterocycles. The third-order valence-electron chi connectivity index (χ3n) is 2.85. The Bertz CT molecular complexity index is 539. The fourth-order valence-corrected chi connectivity index (χ4v) is 2.94. The zero-order chi connectivity index (χ0) is 12.4. The molecule has 7 heteroatoms. The molecule has 0 N–H and O–H groups in total. The van der Waals surface area contributed by atoms with Gasteiger partial charge in [-0.3, -0.25) is 0 Å². The van der Waals surface area contributed by atoms with Gasteiger partial charge in [0.1, 0.15) is 5.82 Å². The van der Waals surface area contributed by atoms with Crippen LogP contribution in [0.3, 0.4) is 0 Å². The van der Waals surface area contributed by atoms with Crippen LogP contribution in [0.25, 0.3) is 0 Å². The van der Waals surface area contributed by atoms with Crippen LogP contribution in [0, 0.1) is 0 Å². The fraction of sp³-hybridized carbons (Fsp3) is 0.455. The molecule has 0 unspecified atom stereocenters. The Kier molecular flexibility index (Phi) is 3.60. The summed E-state index contributed by atoms with van der Waals surface area (Å²) in [5.41, 5.74) is 0. The van der Waals surface area contributed by atoms with Crippen LogP contribution in [-0.2, 0) is 13.0 Å². The van der Waals surface area contributed by atoms with Crippen LogP contribution in [-0.4, -0.2) is 24.7 Å². The van der Waals surface area contributed by atoms with Gasteiger partial charge in [-0.2, -0.15) is 0 Å². The van der Waals surface area contributed by atoms with E-state index in [2.05, 4.69) is 40.7 Å². The number of hydrogen-bond donors (Lipinski definition) is 0. The highest BCUT2D eigenvalue weighted by molar-refractivity contribution is 9.10. The molecule has 0 fully saturated rings. The predicted molar refractivity (Wildman–Crippen MR) is 71.4 cm³/mol. The fourth-order valence-electron chi connectivity index (χ4n) is 1.97. The number of hydrogen-bond acceptors (Lipinski definition) is 5. The maximum absolute atomic E-state index is 4.26. The van der Waals surface area contributed by atoms with Crippen molar-refractivity contribution < 1.29 is 0 Å². The first-order valence-electron chi connectivity index (χ1n) is 5.90. The number of fused-ring (bicyclic) bond motifs is 1. The summed E-state index contributed by atoms with van der Waals surface area (Å²) in [6.07, 6.45) is 8.18. The highest BCUT2D eigenvalue weighted by atomic mass is 79.9. The molecule has 0 radical (unpaired) electrons. The molecular weight excluding hydrogens is 314 g/mol. The number of aromatic nitrogens is 5. The largest absolute Gasteiger partial charge is 0.306 e. The van der Waals surface area contributed by atoms with E-state index in [1.165, 1.54) is 31.0 Å². The van der Waals surface area contributed by atoms with E-state index in [-0.39, 0.29) is 0 Å². The maximum Gasteiger partial charge on any atom is 0.199 e.